The zero-order valence-corrected chi connectivity index (χ0v) is 13.1. The van der Waals surface area contributed by atoms with Crippen molar-refractivity contribution in [3.63, 3.8) is 0 Å². The Kier molecular flexibility index (Phi) is 3.82. The van der Waals surface area contributed by atoms with E-state index in [1.54, 1.807) is 7.11 Å². The van der Waals surface area contributed by atoms with E-state index in [0.717, 1.165) is 37.1 Å². The molecule has 1 unspecified atom stereocenters. The summed E-state index contributed by atoms with van der Waals surface area (Å²) in [4.78, 5) is 10.6. The highest BCUT2D eigenvalue weighted by atomic mass is 16.5. The molecule has 122 valence electrons. The molecular formula is C15H20N6O2. The number of anilines is 1. The number of likely N-dealkylation sites (tertiary alicyclic amines) is 1. The molecule has 2 aromatic heterocycles. The summed E-state index contributed by atoms with van der Waals surface area (Å²) < 4.78 is 10.8. The van der Waals surface area contributed by atoms with Gasteiger partial charge in [-0.1, -0.05) is 0 Å². The number of aromatic nitrogens is 4. The van der Waals surface area contributed by atoms with Gasteiger partial charge >= 0.3 is 0 Å². The Labute approximate surface area is 134 Å². The van der Waals surface area contributed by atoms with Gasteiger partial charge in [0.2, 0.25) is 17.7 Å². The highest BCUT2D eigenvalue weighted by Gasteiger charge is 2.30. The lowest BCUT2D eigenvalue weighted by molar-refractivity contribution is 0.284. The van der Waals surface area contributed by atoms with Gasteiger partial charge in [0.05, 0.1) is 13.7 Å². The first-order chi connectivity index (χ1) is 11.3. The Bertz CT molecular complexity index is 671. The van der Waals surface area contributed by atoms with Gasteiger partial charge in [-0.15, -0.1) is 10.2 Å². The summed E-state index contributed by atoms with van der Waals surface area (Å²) in [7, 11) is 1.60. The molecular weight excluding hydrogens is 296 g/mol. The molecule has 0 radical (unpaired) electrons. The minimum atomic E-state index is 0.348. The SMILES string of the molecule is COc1cc(NC2CCN(Cc3nnc(C4CC4)o3)C2)ncn1. The molecule has 2 fully saturated rings. The van der Waals surface area contributed by atoms with Crippen molar-refractivity contribution in [2.75, 3.05) is 25.5 Å². The Morgan fingerprint density at radius 1 is 1.30 bits per heavy atom. The highest BCUT2D eigenvalue weighted by molar-refractivity contribution is 5.38. The molecule has 1 saturated carbocycles. The average Bonchev–Trinajstić information content (AvgIpc) is 3.17. The first-order valence-electron chi connectivity index (χ1n) is 7.97. The predicted molar refractivity (Wildman–Crippen MR) is 82.2 cm³/mol. The van der Waals surface area contributed by atoms with Gasteiger partial charge in [-0.25, -0.2) is 9.97 Å². The van der Waals surface area contributed by atoms with Crippen LogP contribution in [0.15, 0.2) is 16.8 Å². The molecule has 1 N–H and O–H groups in total. The van der Waals surface area contributed by atoms with E-state index in [4.69, 9.17) is 9.15 Å². The number of nitrogens with one attached hydrogen (secondary N) is 1. The van der Waals surface area contributed by atoms with Crippen molar-refractivity contribution in [2.45, 2.75) is 37.8 Å². The van der Waals surface area contributed by atoms with Gasteiger partial charge in [0.1, 0.15) is 12.1 Å². The third-order valence-electron chi connectivity index (χ3n) is 4.24. The van der Waals surface area contributed by atoms with E-state index >= 15 is 0 Å². The summed E-state index contributed by atoms with van der Waals surface area (Å²) in [5.74, 6) is 3.39. The topological polar surface area (TPSA) is 89.2 Å². The number of hydrogen-bond donors (Lipinski definition) is 1. The molecule has 0 bridgehead atoms. The first kappa shape index (κ1) is 14.4. The van der Waals surface area contributed by atoms with E-state index < -0.39 is 0 Å². The standard InChI is InChI=1S/C15H20N6O2/c1-22-13-6-12(16-9-17-13)18-11-4-5-21(7-11)8-14-19-20-15(23-14)10-2-3-10/h6,9-11H,2-5,7-8H2,1H3,(H,16,17,18). The lowest BCUT2D eigenvalue weighted by Gasteiger charge is -2.15. The maximum absolute atomic E-state index is 5.73. The smallest absolute Gasteiger partial charge is 0.230 e. The molecule has 0 spiro atoms. The van der Waals surface area contributed by atoms with Crippen LogP contribution < -0.4 is 10.1 Å². The second kappa shape index (κ2) is 6.11. The van der Waals surface area contributed by atoms with E-state index in [1.807, 2.05) is 6.07 Å². The van der Waals surface area contributed by atoms with Gasteiger partial charge in [0.15, 0.2) is 0 Å². The van der Waals surface area contributed by atoms with Gasteiger partial charge in [0, 0.05) is 31.1 Å². The molecule has 8 nitrogen and oxygen atoms in total. The van der Waals surface area contributed by atoms with Gasteiger partial charge in [-0.2, -0.15) is 0 Å². The lowest BCUT2D eigenvalue weighted by atomic mass is 10.2. The van der Waals surface area contributed by atoms with Crippen molar-refractivity contribution in [3.8, 4) is 5.88 Å². The molecule has 2 aromatic rings. The maximum atomic E-state index is 5.73. The van der Waals surface area contributed by atoms with Gasteiger partial charge < -0.3 is 14.5 Å². The summed E-state index contributed by atoms with van der Waals surface area (Å²) in [6, 6.07) is 2.16. The van der Waals surface area contributed by atoms with Crippen LogP contribution in [0.2, 0.25) is 0 Å². The van der Waals surface area contributed by atoms with Crippen molar-refractivity contribution in [3.05, 3.63) is 24.2 Å². The van der Waals surface area contributed by atoms with Crippen molar-refractivity contribution < 1.29 is 9.15 Å². The van der Waals surface area contributed by atoms with Crippen molar-refractivity contribution in [2.24, 2.45) is 0 Å². The summed E-state index contributed by atoms with van der Waals surface area (Å²) in [6.45, 7) is 2.64. The molecule has 1 aliphatic carbocycles. The van der Waals surface area contributed by atoms with E-state index in [-0.39, 0.29) is 0 Å². The van der Waals surface area contributed by atoms with Crippen molar-refractivity contribution >= 4 is 5.82 Å². The summed E-state index contributed by atoms with van der Waals surface area (Å²) in [5, 5.41) is 11.7. The lowest BCUT2D eigenvalue weighted by Crippen LogP contribution is -2.26. The van der Waals surface area contributed by atoms with Crippen molar-refractivity contribution in [1.82, 2.24) is 25.1 Å². The van der Waals surface area contributed by atoms with Crippen LogP contribution in [-0.4, -0.2) is 51.3 Å². The number of ether oxygens (including phenoxy) is 1. The van der Waals surface area contributed by atoms with E-state index in [2.05, 4.69) is 30.4 Å². The number of methoxy groups -OCH3 is 1. The van der Waals surface area contributed by atoms with Crippen LogP contribution in [0, 0.1) is 0 Å². The summed E-state index contributed by atoms with van der Waals surface area (Å²) in [5.41, 5.74) is 0. The van der Waals surface area contributed by atoms with Crippen LogP contribution in [0.25, 0.3) is 0 Å². The fourth-order valence-corrected chi connectivity index (χ4v) is 2.85. The average molecular weight is 316 g/mol. The van der Waals surface area contributed by atoms with Crippen LogP contribution in [0.3, 0.4) is 0 Å². The summed E-state index contributed by atoms with van der Waals surface area (Å²) in [6.07, 6.45) is 4.92. The number of rotatable bonds is 6. The monoisotopic (exact) mass is 316 g/mol. The highest BCUT2D eigenvalue weighted by Crippen LogP contribution is 2.39. The molecule has 0 aromatic carbocycles. The fourth-order valence-electron chi connectivity index (χ4n) is 2.85. The maximum Gasteiger partial charge on any atom is 0.230 e. The minimum absolute atomic E-state index is 0.348. The van der Waals surface area contributed by atoms with Gasteiger partial charge in [-0.05, 0) is 19.3 Å². The van der Waals surface area contributed by atoms with Crippen LogP contribution in [0.4, 0.5) is 5.82 Å². The van der Waals surface area contributed by atoms with Crippen LogP contribution in [0.5, 0.6) is 5.88 Å². The van der Waals surface area contributed by atoms with E-state index in [1.165, 1.54) is 19.2 Å². The molecule has 4 rings (SSSR count). The second-order valence-electron chi connectivity index (χ2n) is 6.12. The van der Waals surface area contributed by atoms with Crippen LogP contribution in [0.1, 0.15) is 37.0 Å². The fraction of sp³-hybridized carbons (Fsp3) is 0.600. The molecule has 0 amide bonds. The molecule has 1 aliphatic heterocycles. The molecule has 3 heterocycles. The zero-order valence-electron chi connectivity index (χ0n) is 13.1. The van der Waals surface area contributed by atoms with E-state index in [9.17, 15) is 0 Å². The van der Waals surface area contributed by atoms with E-state index in [0.29, 0.717) is 24.4 Å². The third-order valence-corrected chi connectivity index (χ3v) is 4.24. The molecule has 23 heavy (non-hydrogen) atoms. The van der Waals surface area contributed by atoms with Crippen LogP contribution in [-0.2, 0) is 6.54 Å². The minimum Gasteiger partial charge on any atom is -0.481 e. The number of hydrogen-bond acceptors (Lipinski definition) is 8. The second-order valence-corrected chi connectivity index (χ2v) is 6.12. The Balaban J connectivity index is 1.31. The molecule has 2 aliphatic rings. The molecule has 1 saturated heterocycles. The quantitative estimate of drug-likeness (QED) is 0.856. The molecule has 1 atom stereocenters. The van der Waals surface area contributed by atoms with Gasteiger partial charge in [0.25, 0.3) is 0 Å². The predicted octanol–water partition coefficient (Wildman–Crippen LogP) is 1.43. The molecule has 8 heteroatoms. The normalized spacial score (nSPS) is 21.5. The zero-order chi connectivity index (χ0) is 15.6. The Morgan fingerprint density at radius 2 is 2.22 bits per heavy atom. The van der Waals surface area contributed by atoms with Gasteiger partial charge in [-0.3, -0.25) is 4.90 Å². The van der Waals surface area contributed by atoms with Crippen LogP contribution >= 0.6 is 0 Å². The Hall–Kier alpha value is -2.22. The van der Waals surface area contributed by atoms with Crippen molar-refractivity contribution in [1.29, 1.82) is 0 Å². The third kappa shape index (κ3) is 3.42. The number of nitrogens with zero attached hydrogens (tertiary/aromatic N) is 5. The summed E-state index contributed by atoms with van der Waals surface area (Å²) >= 11 is 0. The largest absolute Gasteiger partial charge is 0.481 e. The Morgan fingerprint density at radius 3 is 3.04 bits per heavy atom. The first-order valence-corrected chi connectivity index (χ1v) is 7.97.